The fourth-order valence-corrected chi connectivity index (χ4v) is 7.46. The third kappa shape index (κ3) is 4.83. The molecule has 0 radical (unpaired) electrons. The molecule has 232 valence electrons. The maximum atomic E-state index is 6.96. The van der Waals surface area contributed by atoms with Crippen molar-refractivity contribution in [1.82, 2.24) is 0 Å². The van der Waals surface area contributed by atoms with Gasteiger partial charge in [0, 0.05) is 16.2 Å². The van der Waals surface area contributed by atoms with Gasteiger partial charge in [0.1, 0.15) is 0 Å². The maximum Gasteiger partial charge on any atom is 0.165 e. The van der Waals surface area contributed by atoms with Gasteiger partial charge in [0.25, 0.3) is 0 Å². The molecule has 4 nitrogen and oxygen atoms in total. The Bertz CT molecular complexity index is 2190. The van der Waals surface area contributed by atoms with Crippen LogP contribution in [0.4, 0.5) is 0 Å². The molecule has 0 spiro atoms. The van der Waals surface area contributed by atoms with Gasteiger partial charge in [-0.1, -0.05) is 169 Å². The van der Waals surface area contributed by atoms with Crippen molar-refractivity contribution in [1.29, 1.82) is 0 Å². The number of allylic oxidation sites excluding steroid dienone is 2. The summed E-state index contributed by atoms with van der Waals surface area (Å²) in [6.45, 7) is 0. The summed E-state index contributed by atoms with van der Waals surface area (Å²) in [4.78, 5) is 22.4. The number of halogens is 2. The van der Waals surface area contributed by atoms with Crippen LogP contribution in [0.25, 0.3) is 0 Å². The number of hydrogen-bond donors (Lipinski definition) is 0. The van der Waals surface area contributed by atoms with Gasteiger partial charge in [0.15, 0.2) is 22.7 Å². The maximum absolute atomic E-state index is 6.96. The minimum atomic E-state index is -1.23. The van der Waals surface area contributed by atoms with Crippen LogP contribution >= 0.6 is 23.2 Å². The van der Waals surface area contributed by atoms with E-state index >= 15 is 0 Å². The number of nitrogens with zero attached hydrogens (tertiary/aromatic N) is 4. The largest absolute Gasteiger partial charge is 0.245 e. The average Bonchev–Trinajstić information content (AvgIpc) is 3.76. The summed E-state index contributed by atoms with van der Waals surface area (Å²) in [5.41, 5.74) is 4.33. The van der Waals surface area contributed by atoms with Gasteiger partial charge in [0.05, 0.1) is 16.4 Å². The third-order valence-electron chi connectivity index (χ3n) is 9.13. The number of amidine groups is 2. The summed E-state index contributed by atoms with van der Waals surface area (Å²) in [6.07, 6.45) is 5.79. The van der Waals surface area contributed by atoms with Crippen molar-refractivity contribution in [2.24, 2.45) is 20.0 Å². The Balaban J connectivity index is 1.57. The van der Waals surface area contributed by atoms with Crippen LogP contribution in [0.1, 0.15) is 40.7 Å². The van der Waals surface area contributed by atoms with E-state index in [2.05, 4.69) is 54.6 Å². The molecule has 0 N–H and O–H groups in total. The van der Waals surface area contributed by atoms with Crippen LogP contribution in [0.5, 0.6) is 0 Å². The molecule has 1 aliphatic carbocycles. The molecule has 0 bridgehead atoms. The van der Waals surface area contributed by atoms with Gasteiger partial charge in [-0.05, 0) is 47.2 Å². The van der Waals surface area contributed by atoms with Gasteiger partial charge in [0.2, 0.25) is 0 Å². The van der Waals surface area contributed by atoms with E-state index in [9.17, 15) is 0 Å². The first kappa shape index (κ1) is 30.2. The molecule has 2 heterocycles. The SMILES string of the molecule is ClC1=C(C2=NC(c3ccccc3)(C3(c4ccccc4)N=C(c4ccccc4Cl)N=C3c3ccccc3)C(c3ccccc3)=N2)C=CCC1. The van der Waals surface area contributed by atoms with Crippen LogP contribution in [-0.4, -0.2) is 23.1 Å². The Morgan fingerprint density at radius 3 is 1.48 bits per heavy atom. The summed E-state index contributed by atoms with van der Waals surface area (Å²) < 4.78 is 0. The predicted octanol–water partition coefficient (Wildman–Crippen LogP) is 10.1. The van der Waals surface area contributed by atoms with E-state index in [1.807, 2.05) is 103 Å². The van der Waals surface area contributed by atoms with Crippen molar-refractivity contribution >= 4 is 46.3 Å². The lowest BCUT2D eigenvalue weighted by atomic mass is 9.62. The lowest BCUT2D eigenvalue weighted by Gasteiger charge is -2.44. The van der Waals surface area contributed by atoms with Crippen LogP contribution < -0.4 is 0 Å². The van der Waals surface area contributed by atoms with Crippen molar-refractivity contribution in [2.75, 3.05) is 0 Å². The van der Waals surface area contributed by atoms with E-state index in [4.69, 9.17) is 43.2 Å². The van der Waals surface area contributed by atoms with Crippen LogP contribution in [0.3, 0.4) is 0 Å². The molecule has 2 unspecified atom stereocenters. The van der Waals surface area contributed by atoms with Crippen molar-refractivity contribution < 1.29 is 0 Å². The predicted molar refractivity (Wildman–Crippen MR) is 199 cm³/mol. The lowest BCUT2D eigenvalue weighted by Crippen LogP contribution is -2.55. The topological polar surface area (TPSA) is 49.4 Å². The molecule has 0 saturated carbocycles. The minimum Gasteiger partial charge on any atom is -0.245 e. The normalized spacial score (nSPS) is 21.9. The average molecular weight is 662 g/mol. The molecule has 2 atom stereocenters. The Hall–Kier alpha value is -5.16. The van der Waals surface area contributed by atoms with E-state index in [-0.39, 0.29) is 0 Å². The molecule has 3 aliphatic rings. The third-order valence-corrected chi connectivity index (χ3v) is 9.85. The zero-order valence-corrected chi connectivity index (χ0v) is 27.5. The second kappa shape index (κ2) is 12.5. The zero-order chi connectivity index (χ0) is 32.6. The quantitative estimate of drug-likeness (QED) is 0.167. The van der Waals surface area contributed by atoms with Gasteiger partial charge in [-0.25, -0.2) is 20.0 Å². The molecule has 5 aromatic rings. The highest BCUT2D eigenvalue weighted by Gasteiger charge is 2.64. The monoisotopic (exact) mass is 660 g/mol. The summed E-state index contributed by atoms with van der Waals surface area (Å²) in [5, 5.41) is 1.32. The smallest absolute Gasteiger partial charge is 0.165 e. The highest BCUT2D eigenvalue weighted by molar-refractivity contribution is 6.36. The number of rotatable bonds is 7. The highest BCUT2D eigenvalue weighted by atomic mass is 35.5. The van der Waals surface area contributed by atoms with E-state index in [0.29, 0.717) is 16.7 Å². The van der Waals surface area contributed by atoms with Crippen molar-refractivity contribution in [2.45, 2.75) is 23.9 Å². The summed E-state index contributed by atoms with van der Waals surface area (Å²) >= 11 is 13.8. The molecule has 6 heteroatoms. The molecule has 2 aliphatic heterocycles. The summed E-state index contributed by atoms with van der Waals surface area (Å²) in [6, 6.07) is 48.9. The molecule has 0 fully saturated rings. The van der Waals surface area contributed by atoms with E-state index < -0.39 is 11.1 Å². The van der Waals surface area contributed by atoms with Gasteiger partial charge >= 0.3 is 0 Å². The first-order valence-electron chi connectivity index (χ1n) is 16.0. The van der Waals surface area contributed by atoms with Gasteiger partial charge in [-0.15, -0.1) is 0 Å². The fourth-order valence-electron chi connectivity index (χ4n) is 6.99. The fraction of sp³-hybridized carbons (Fsp3) is 0.0952. The van der Waals surface area contributed by atoms with Gasteiger partial charge in [-0.3, -0.25) is 0 Å². The molecule has 0 saturated heterocycles. The van der Waals surface area contributed by atoms with Crippen LogP contribution in [0, 0.1) is 0 Å². The number of benzene rings is 5. The Morgan fingerprint density at radius 2 is 0.958 bits per heavy atom. The van der Waals surface area contributed by atoms with Crippen LogP contribution in [-0.2, 0) is 11.1 Å². The Morgan fingerprint density at radius 1 is 0.500 bits per heavy atom. The molecule has 8 rings (SSSR count). The van der Waals surface area contributed by atoms with Crippen LogP contribution in [0.2, 0.25) is 5.02 Å². The molecular formula is C42H30Cl2N4. The molecule has 0 amide bonds. The second-order valence-electron chi connectivity index (χ2n) is 11.9. The standard InChI is InChI=1S/C42H30Cl2N4/c43-35-27-15-13-25-33(35)39-45-37(29-17-5-1-6-18-29)41(47-39,31-21-9-3-10-22-31)42(32-23-11-4-12-24-32)38(30-19-7-2-8-20-30)46-40(48-42)34-26-14-16-28-36(34)44/h1-15,17-27H,16,28H2. The first-order valence-corrected chi connectivity index (χ1v) is 16.8. The lowest BCUT2D eigenvalue weighted by molar-refractivity contribution is 0.420. The summed E-state index contributed by atoms with van der Waals surface area (Å²) in [7, 11) is 0. The Kier molecular flexibility index (Phi) is 7.84. The Labute approximate surface area is 290 Å². The van der Waals surface area contributed by atoms with Crippen molar-refractivity contribution in [3.63, 3.8) is 0 Å². The van der Waals surface area contributed by atoms with E-state index in [1.165, 1.54) is 0 Å². The summed E-state index contributed by atoms with van der Waals surface area (Å²) in [5.74, 6) is 1.10. The second-order valence-corrected chi connectivity index (χ2v) is 12.8. The highest BCUT2D eigenvalue weighted by Crippen LogP contribution is 2.56. The molecular weight excluding hydrogens is 631 g/mol. The zero-order valence-electron chi connectivity index (χ0n) is 26.0. The minimum absolute atomic E-state index is 0.532. The first-order chi connectivity index (χ1) is 23.6. The molecule has 5 aromatic carbocycles. The van der Waals surface area contributed by atoms with E-state index in [1.54, 1.807) is 0 Å². The molecule has 0 aromatic heterocycles. The van der Waals surface area contributed by atoms with Crippen LogP contribution in [0.15, 0.2) is 188 Å². The van der Waals surface area contributed by atoms with Crippen molar-refractivity contribution in [3.05, 3.63) is 201 Å². The molecule has 48 heavy (non-hydrogen) atoms. The van der Waals surface area contributed by atoms with E-state index in [0.717, 1.165) is 62.7 Å². The number of aliphatic imine (C=N–C) groups is 4. The van der Waals surface area contributed by atoms with Gasteiger partial charge < -0.3 is 0 Å². The van der Waals surface area contributed by atoms with Gasteiger partial charge in [-0.2, -0.15) is 0 Å². The number of hydrogen-bond acceptors (Lipinski definition) is 4. The van der Waals surface area contributed by atoms with Crippen molar-refractivity contribution in [3.8, 4) is 0 Å².